The first kappa shape index (κ1) is 21.1. The lowest BCUT2D eigenvalue weighted by Gasteiger charge is -2.32. The van der Waals surface area contributed by atoms with Gasteiger partial charge >= 0.3 is 7.12 Å². The van der Waals surface area contributed by atoms with Crippen molar-refractivity contribution in [2.75, 3.05) is 19.0 Å². The van der Waals surface area contributed by atoms with Crippen LogP contribution < -0.4 is 15.7 Å². The number of likely N-dealkylation sites (N-methyl/N-ethyl adjacent to an activating group) is 2. The molecule has 0 bridgehead atoms. The molecule has 8 heteroatoms. The number of benzene rings is 1. The molecule has 1 aromatic carbocycles. The highest BCUT2D eigenvalue weighted by atomic mass is 19.1. The minimum absolute atomic E-state index is 0.142. The molecule has 2 N–H and O–H groups in total. The number of allylic oxidation sites excluding steroid dienone is 1. The molecule has 27 heavy (non-hydrogen) atoms. The van der Waals surface area contributed by atoms with Gasteiger partial charge in [-0.25, -0.2) is 4.39 Å². The summed E-state index contributed by atoms with van der Waals surface area (Å²) in [6.45, 7) is 9.40. The largest absolute Gasteiger partial charge is 0.495 e. The summed E-state index contributed by atoms with van der Waals surface area (Å²) in [6.07, 6.45) is 2.32. The van der Waals surface area contributed by atoms with Gasteiger partial charge in [0, 0.05) is 20.3 Å². The van der Waals surface area contributed by atoms with Crippen LogP contribution in [0.5, 0.6) is 0 Å². The number of hydrogen-bond acceptors (Lipinski definition) is 5. The summed E-state index contributed by atoms with van der Waals surface area (Å²) in [6, 6.07) is 3.26. The van der Waals surface area contributed by atoms with Gasteiger partial charge < -0.3 is 24.9 Å². The molecule has 0 radical (unpaired) electrons. The number of anilines is 1. The topological polar surface area (TPSA) is 74.7 Å². The Kier molecular flexibility index (Phi) is 5.82. The number of carbonyl (C=O) groups is 1. The molecule has 1 aromatic rings. The van der Waals surface area contributed by atoms with Crippen LogP contribution in [0.15, 0.2) is 23.9 Å². The van der Waals surface area contributed by atoms with Crippen molar-refractivity contribution in [1.82, 2.24) is 5.32 Å². The minimum Gasteiger partial charge on any atom is -0.399 e. The predicted molar refractivity (Wildman–Crippen MR) is 106 cm³/mol. The van der Waals surface area contributed by atoms with Crippen molar-refractivity contribution in [2.45, 2.75) is 45.8 Å². The van der Waals surface area contributed by atoms with Crippen LogP contribution in [0.25, 0.3) is 0 Å². The summed E-state index contributed by atoms with van der Waals surface area (Å²) in [5.74, 6) is -0.953. The fourth-order valence-electron chi connectivity index (χ4n) is 2.81. The van der Waals surface area contributed by atoms with E-state index in [1.54, 1.807) is 20.0 Å². The summed E-state index contributed by atoms with van der Waals surface area (Å²) in [4.78, 5) is 13.7. The fourth-order valence-corrected chi connectivity index (χ4v) is 2.81. The highest BCUT2D eigenvalue weighted by Crippen LogP contribution is 2.37. The Morgan fingerprint density at radius 2 is 1.81 bits per heavy atom. The number of hydrogen-bond donors (Lipinski definition) is 2. The number of nitrogens with zero attached hydrogens (tertiary/aromatic N) is 1. The standard InChI is InChI=1S/C19H27BFN3O3/c1-12-13(20-26-18(2,3)19(4,5)27-20)8-9-15(16(12)21)24(7)17(25)14(23-6)10-11-22/h8-11,22-23H,1-7H3/b14-10-,22-11?. The molecule has 6 nitrogen and oxygen atoms in total. The SMILES string of the molecule is CN/C(=C\C=N)C(=O)N(C)c1ccc(B2OC(C)(C)C(C)(C)O2)c(C)c1F. The molecule has 1 aliphatic heterocycles. The third-order valence-electron chi connectivity index (χ3n) is 5.33. The van der Waals surface area contributed by atoms with E-state index in [-0.39, 0.29) is 11.4 Å². The summed E-state index contributed by atoms with van der Waals surface area (Å²) >= 11 is 0. The van der Waals surface area contributed by atoms with Gasteiger partial charge in [0.25, 0.3) is 5.91 Å². The Morgan fingerprint density at radius 3 is 2.30 bits per heavy atom. The van der Waals surface area contributed by atoms with Crippen molar-refractivity contribution < 1.29 is 18.5 Å². The molecule has 2 rings (SSSR count). The number of halogens is 1. The predicted octanol–water partition coefficient (Wildman–Crippen LogP) is 2.15. The van der Waals surface area contributed by atoms with Gasteiger partial charge in [-0.2, -0.15) is 0 Å². The van der Waals surface area contributed by atoms with Gasteiger partial charge in [-0.05, 0) is 57.8 Å². The van der Waals surface area contributed by atoms with Gasteiger partial charge in [-0.1, -0.05) is 6.07 Å². The van der Waals surface area contributed by atoms with Crippen LogP contribution in [-0.4, -0.2) is 44.5 Å². The maximum atomic E-state index is 15.1. The lowest BCUT2D eigenvalue weighted by Crippen LogP contribution is -2.41. The zero-order valence-corrected chi connectivity index (χ0v) is 16.9. The molecule has 1 saturated heterocycles. The molecule has 0 aliphatic carbocycles. The van der Waals surface area contributed by atoms with Crippen LogP contribution in [0.1, 0.15) is 33.3 Å². The first-order valence-electron chi connectivity index (χ1n) is 8.78. The van der Waals surface area contributed by atoms with Crippen LogP contribution in [0.4, 0.5) is 10.1 Å². The molecule has 0 spiro atoms. The van der Waals surface area contributed by atoms with Crippen molar-refractivity contribution in [1.29, 1.82) is 5.41 Å². The van der Waals surface area contributed by atoms with Crippen molar-refractivity contribution >= 4 is 30.4 Å². The van der Waals surface area contributed by atoms with Gasteiger partial charge in [0.1, 0.15) is 11.5 Å². The second kappa shape index (κ2) is 7.44. The monoisotopic (exact) mass is 375 g/mol. The molecular weight excluding hydrogens is 348 g/mol. The molecule has 0 atom stereocenters. The Morgan fingerprint density at radius 1 is 1.26 bits per heavy atom. The number of rotatable bonds is 5. The molecule has 0 aromatic heterocycles. The van der Waals surface area contributed by atoms with Gasteiger partial charge in [-0.3, -0.25) is 4.79 Å². The lowest BCUT2D eigenvalue weighted by molar-refractivity contribution is -0.115. The summed E-state index contributed by atoms with van der Waals surface area (Å²) in [5.41, 5.74) is 0.257. The molecule has 1 heterocycles. The Labute approximate surface area is 160 Å². The minimum atomic E-state index is -0.676. The van der Waals surface area contributed by atoms with Gasteiger partial charge in [0.15, 0.2) is 0 Å². The van der Waals surface area contributed by atoms with E-state index < -0.39 is 30.0 Å². The Hall–Kier alpha value is -2.19. The van der Waals surface area contributed by atoms with Crippen molar-refractivity contribution in [3.8, 4) is 0 Å². The van der Waals surface area contributed by atoms with E-state index in [2.05, 4.69) is 5.32 Å². The number of carbonyl (C=O) groups excluding carboxylic acids is 1. The third kappa shape index (κ3) is 3.77. The van der Waals surface area contributed by atoms with E-state index in [1.165, 1.54) is 24.1 Å². The van der Waals surface area contributed by atoms with E-state index in [9.17, 15) is 4.79 Å². The zero-order chi connectivity index (χ0) is 20.6. The zero-order valence-electron chi connectivity index (χ0n) is 16.9. The van der Waals surface area contributed by atoms with Crippen molar-refractivity contribution in [3.05, 3.63) is 35.3 Å². The Bertz CT molecular complexity index is 777. The quantitative estimate of drug-likeness (QED) is 0.470. The molecule has 0 saturated carbocycles. The number of nitrogens with one attached hydrogen (secondary N) is 2. The molecule has 1 aliphatic rings. The second-order valence-corrected chi connectivity index (χ2v) is 7.56. The van der Waals surface area contributed by atoms with E-state index in [1.807, 2.05) is 27.7 Å². The van der Waals surface area contributed by atoms with Crippen LogP contribution in [0, 0.1) is 18.2 Å². The molecule has 146 valence electrons. The maximum Gasteiger partial charge on any atom is 0.495 e. The van der Waals surface area contributed by atoms with Crippen molar-refractivity contribution in [2.24, 2.45) is 0 Å². The average molecular weight is 375 g/mol. The van der Waals surface area contributed by atoms with E-state index >= 15 is 4.39 Å². The highest BCUT2D eigenvalue weighted by molar-refractivity contribution is 6.62. The Balaban J connectivity index is 2.37. The van der Waals surface area contributed by atoms with Crippen LogP contribution >= 0.6 is 0 Å². The van der Waals surface area contributed by atoms with Gasteiger partial charge in [0.2, 0.25) is 0 Å². The van der Waals surface area contributed by atoms with Crippen LogP contribution in [0.2, 0.25) is 0 Å². The highest BCUT2D eigenvalue weighted by Gasteiger charge is 2.52. The van der Waals surface area contributed by atoms with E-state index in [4.69, 9.17) is 14.7 Å². The van der Waals surface area contributed by atoms with Crippen molar-refractivity contribution in [3.63, 3.8) is 0 Å². The normalized spacial score (nSPS) is 18.4. The summed E-state index contributed by atoms with van der Waals surface area (Å²) < 4.78 is 27.1. The lowest BCUT2D eigenvalue weighted by atomic mass is 9.76. The second-order valence-electron chi connectivity index (χ2n) is 7.56. The van der Waals surface area contributed by atoms with E-state index in [0.717, 1.165) is 6.21 Å². The average Bonchev–Trinajstić information content (AvgIpc) is 2.81. The summed E-state index contributed by atoms with van der Waals surface area (Å²) in [7, 11) is 2.39. The fraction of sp³-hybridized carbons (Fsp3) is 0.474. The first-order valence-corrected chi connectivity index (χ1v) is 8.78. The number of amides is 1. The third-order valence-corrected chi connectivity index (χ3v) is 5.33. The van der Waals surface area contributed by atoms with Crippen LogP contribution in [-0.2, 0) is 14.1 Å². The summed E-state index contributed by atoms with van der Waals surface area (Å²) in [5, 5.41) is 9.84. The van der Waals surface area contributed by atoms with Gasteiger partial charge in [-0.15, -0.1) is 0 Å². The smallest absolute Gasteiger partial charge is 0.399 e. The maximum absolute atomic E-state index is 15.1. The molecular formula is C19H27BFN3O3. The molecule has 0 unspecified atom stereocenters. The molecule has 1 fully saturated rings. The molecule has 1 amide bonds. The van der Waals surface area contributed by atoms with Crippen LogP contribution in [0.3, 0.4) is 0 Å². The van der Waals surface area contributed by atoms with E-state index in [0.29, 0.717) is 11.0 Å². The first-order chi connectivity index (χ1) is 12.5. The van der Waals surface area contributed by atoms with Gasteiger partial charge in [0.05, 0.1) is 16.9 Å².